The van der Waals surface area contributed by atoms with Crippen molar-refractivity contribution in [3.63, 3.8) is 0 Å². The van der Waals surface area contributed by atoms with Crippen LogP contribution in [0, 0.1) is 18.3 Å². The molecule has 0 radical (unpaired) electrons. The number of nitriles is 1. The van der Waals surface area contributed by atoms with Gasteiger partial charge in [0.2, 0.25) is 0 Å². The lowest BCUT2D eigenvalue weighted by Gasteiger charge is -2.21. The quantitative estimate of drug-likeness (QED) is 0.844. The number of rotatable bonds is 4. The van der Waals surface area contributed by atoms with E-state index >= 15 is 0 Å². The van der Waals surface area contributed by atoms with Gasteiger partial charge in [-0.05, 0) is 32.9 Å². The molecule has 0 bridgehead atoms. The largest absolute Gasteiger partial charge is 0.491 e. The van der Waals surface area contributed by atoms with E-state index in [1.807, 2.05) is 38.1 Å². The lowest BCUT2D eigenvalue weighted by molar-refractivity contribution is 0.191. The summed E-state index contributed by atoms with van der Waals surface area (Å²) in [7, 11) is 0. The molecule has 0 fully saturated rings. The van der Waals surface area contributed by atoms with Gasteiger partial charge in [0.05, 0.1) is 12.2 Å². The Morgan fingerprint density at radius 3 is 2.50 bits per heavy atom. The van der Waals surface area contributed by atoms with Crippen LogP contribution < -0.4 is 10.5 Å². The van der Waals surface area contributed by atoms with Gasteiger partial charge in [-0.3, -0.25) is 0 Å². The van der Waals surface area contributed by atoms with Crippen molar-refractivity contribution < 1.29 is 4.74 Å². The highest BCUT2D eigenvalue weighted by Gasteiger charge is 2.21. The van der Waals surface area contributed by atoms with Crippen LogP contribution in [0.3, 0.4) is 0 Å². The van der Waals surface area contributed by atoms with Gasteiger partial charge in [0, 0.05) is 6.42 Å². The summed E-state index contributed by atoms with van der Waals surface area (Å²) in [6, 6.07) is 9.90. The Balaban J connectivity index is 2.55. The summed E-state index contributed by atoms with van der Waals surface area (Å²) >= 11 is 0. The summed E-state index contributed by atoms with van der Waals surface area (Å²) in [6.45, 7) is 5.66. The second-order valence-electron chi connectivity index (χ2n) is 4.47. The zero-order chi connectivity index (χ0) is 12.2. The van der Waals surface area contributed by atoms with Crippen molar-refractivity contribution in [2.75, 3.05) is 0 Å². The summed E-state index contributed by atoms with van der Waals surface area (Å²) in [5, 5.41) is 8.81. The number of ether oxygens (including phenoxy) is 1. The maximum atomic E-state index is 8.81. The molecule has 1 rings (SSSR count). The first-order valence-electron chi connectivity index (χ1n) is 5.36. The summed E-state index contributed by atoms with van der Waals surface area (Å²) in [5.74, 6) is 0.812. The second-order valence-corrected chi connectivity index (χ2v) is 4.47. The van der Waals surface area contributed by atoms with Crippen molar-refractivity contribution in [2.45, 2.75) is 38.8 Å². The van der Waals surface area contributed by atoms with Gasteiger partial charge >= 0.3 is 0 Å². The van der Waals surface area contributed by atoms with E-state index in [2.05, 4.69) is 6.07 Å². The Bertz CT molecular complexity index is 376. The van der Waals surface area contributed by atoms with E-state index in [1.165, 1.54) is 5.56 Å². The molecule has 0 spiro atoms. The third-order valence-corrected chi connectivity index (χ3v) is 2.33. The first kappa shape index (κ1) is 12.5. The van der Waals surface area contributed by atoms with Crippen LogP contribution in [0.25, 0.3) is 0 Å². The number of nitrogens with zero attached hydrogens (tertiary/aromatic N) is 1. The molecule has 0 aliphatic heterocycles. The van der Waals surface area contributed by atoms with Crippen LogP contribution in [0.4, 0.5) is 0 Å². The molecule has 1 aromatic rings. The van der Waals surface area contributed by atoms with Crippen LogP contribution in [-0.4, -0.2) is 11.6 Å². The monoisotopic (exact) mass is 218 g/mol. The Morgan fingerprint density at radius 1 is 1.44 bits per heavy atom. The van der Waals surface area contributed by atoms with E-state index in [4.69, 9.17) is 15.7 Å². The Labute approximate surface area is 96.8 Å². The highest BCUT2D eigenvalue weighted by Crippen LogP contribution is 2.17. The molecule has 1 aromatic carbocycles. The average Bonchev–Trinajstić information content (AvgIpc) is 2.21. The van der Waals surface area contributed by atoms with E-state index in [0.717, 1.165) is 5.75 Å². The lowest BCUT2D eigenvalue weighted by Crippen LogP contribution is -2.38. The molecular formula is C13H18N2O. The topological polar surface area (TPSA) is 59.0 Å². The van der Waals surface area contributed by atoms with E-state index in [-0.39, 0.29) is 6.10 Å². The van der Waals surface area contributed by atoms with E-state index in [1.54, 1.807) is 6.92 Å². The standard InChI is InChI=1S/C13H18N2O/c1-10-4-6-12(7-5-10)16-11(2)8-13(3,15)9-14/h4-7,11H,8,15H2,1-3H3. The molecule has 0 saturated carbocycles. The fourth-order valence-electron chi connectivity index (χ4n) is 1.53. The summed E-state index contributed by atoms with van der Waals surface area (Å²) < 4.78 is 5.68. The van der Waals surface area contributed by atoms with Crippen molar-refractivity contribution in [1.82, 2.24) is 0 Å². The molecule has 3 nitrogen and oxygen atoms in total. The third-order valence-electron chi connectivity index (χ3n) is 2.33. The van der Waals surface area contributed by atoms with Gasteiger partial charge in [0.15, 0.2) is 0 Å². The Hall–Kier alpha value is -1.53. The minimum atomic E-state index is -0.829. The maximum absolute atomic E-state index is 8.81. The van der Waals surface area contributed by atoms with Crippen LogP contribution in [0.15, 0.2) is 24.3 Å². The smallest absolute Gasteiger partial charge is 0.119 e. The highest BCUT2D eigenvalue weighted by atomic mass is 16.5. The van der Waals surface area contributed by atoms with Crippen molar-refractivity contribution >= 4 is 0 Å². The molecule has 2 unspecified atom stereocenters. The van der Waals surface area contributed by atoms with Crippen LogP contribution >= 0.6 is 0 Å². The molecular weight excluding hydrogens is 200 g/mol. The summed E-state index contributed by atoms with van der Waals surface area (Å²) in [4.78, 5) is 0. The van der Waals surface area contributed by atoms with Crippen LogP contribution in [0.5, 0.6) is 5.75 Å². The maximum Gasteiger partial charge on any atom is 0.119 e. The normalized spacial score (nSPS) is 15.9. The first-order chi connectivity index (χ1) is 7.43. The van der Waals surface area contributed by atoms with Gasteiger partial charge in [-0.2, -0.15) is 5.26 Å². The van der Waals surface area contributed by atoms with Gasteiger partial charge in [0.25, 0.3) is 0 Å². The van der Waals surface area contributed by atoms with Crippen molar-refractivity contribution in [3.8, 4) is 11.8 Å². The highest BCUT2D eigenvalue weighted by molar-refractivity contribution is 5.26. The van der Waals surface area contributed by atoms with E-state index in [9.17, 15) is 0 Å². The Morgan fingerprint density at radius 2 is 2.00 bits per heavy atom. The first-order valence-corrected chi connectivity index (χ1v) is 5.36. The predicted molar refractivity (Wildman–Crippen MR) is 64.1 cm³/mol. The molecule has 0 heterocycles. The van der Waals surface area contributed by atoms with Crippen LogP contribution in [-0.2, 0) is 0 Å². The molecule has 3 heteroatoms. The second kappa shape index (κ2) is 5.00. The van der Waals surface area contributed by atoms with Gasteiger partial charge < -0.3 is 10.5 Å². The number of hydrogen-bond acceptors (Lipinski definition) is 3. The van der Waals surface area contributed by atoms with E-state index < -0.39 is 5.54 Å². The summed E-state index contributed by atoms with van der Waals surface area (Å²) in [5.41, 5.74) is 6.12. The molecule has 2 N–H and O–H groups in total. The molecule has 0 saturated heterocycles. The van der Waals surface area contributed by atoms with E-state index in [0.29, 0.717) is 6.42 Å². The van der Waals surface area contributed by atoms with Gasteiger partial charge in [-0.15, -0.1) is 0 Å². The van der Waals surface area contributed by atoms with Gasteiger partial charge in [0.1, 0.15) is 11.3 Å². The number of hydrogen-bond donors (Lipinski definition) is 1. The predicted octanol–water partition coefficient (Wildman–Crippen LogP) is 2.39. The molecule has 2 atom stereocenters. The van der Waals surface area contributed by atoms with Crippen molar-refractivity contribution in [1.29, 1.82) is 5.26 Å². The summed E-state index contributed by atoms with van der Waals surface area (Å²) in [6.07, 6.45) is 0.439. The van der Waals surface area contributed by atoms with Gasteiger partial charge in [-0.1, -0.05) is 17.7 Å². The molecule has 0 aliphatic carbocycles. The molecule has 0 aromatic heterocycles. The minimum Gasteiger partial charge on any atom is -0.491 e. The third kappa shape index (κ3) is 3.92. The van der Waals surface area contributed by atoms with Crippen LogP contribution in [0.2, 0.25) is 0 Å². The van der Waals surface area contributed by atoms with Gasteiger partial charge in [-0.25, -0.2) is 0 Å². The number of nitrogens with two attached hydrogens (primary N) is 1. The lowest BCUT2D eigenvalue weighted by atomic mass is 9.98. The average molecular weight is 218 g/mol. The zero-order valence-corrected chi connectivity index (χ0v) is 10.0. The number of aryl methyl sites for hydroxylation is 1. The Kier molecular flexibility index (Phi) is 3.92. The minimum absolute atomic E-state index is 0.0719. The molecule has 16 heavy (non-hydrogen) atoms. The number of benzene rings is 1. The fraction of sp³-hybridized carbons (Fsp3) is 0.462. The zero-order valence-electron chi connectivity index (χ0n) is 10.0. The van der Waals surface area contributed by atoms with Crippen molar-refractivity contribution in [3.05, 3.63) is 29.8 Å². The molecule has 0 aliphatic rings. The van der Waals surface area contributed by atoms with Crippen molar-refractivity contribution in [2.24, 2.45) is 5.73 Å². The fourth-order valence-corrected chi connectivity index (χ4v) is 1.53. The molecule has 0 amide bonds. The van der Waals surface area contributed by atoms with Crippen LogP contribution in [0.1, 0.15) is 25.8 Å². The molecule has 86 valence electrons. The SMILES string of the molecule is Cc1ccc(OC(C)CC(C)(N)C#N)cc1.